The van der Waals surface area contributed by atoms with Gasteiger partial charge in [-0.1, -0.05) is 0 Å². The van der Waals surface area contributed by atoms with E-state index in [1.807, 2.05) is 17.2 Å². The van der Waals surface area contributed by atoms with Gasteiger partial charge >= 0.3 is 0 Å². The number of nitro benzene ring substituents is 1. The van der Waals surface area contributed by atoms with Crippen LogP contribution in [-0.2, 0) is 14.6 Å². The van der Waals surface area contributed by atoms with E-state index in [0.29, 0.717) is 25.4 Å². The topological polar surface area (TPSA) is 103 Å². The number of nitro groups is 1. The van der Waals surface area contributed by atoms with Gasteiger partial charge in [-0.25, -0.2) is 13.4 Å². The third-order valence-electron chi connectivity index (χ3n) is 3.87. The van der Waals surface area contributed by atoms with Crippen LogP contribution in [0, 0.1) is 17.0 Å². The fourth-order valence-corrected chi connectivity index (χ4v) is 4.46. The number of sulfone groups is 1. The maximum absolute atomic E-state index is 12.1. The second kappa shape index (κ2) is 6.70. The molecule has 1 aromatic carbocycles. The molecule has 0 radical (unpaired) electrons. The van der Waals surface area contributed by atoms with Crippen LogP contribution in [-0.4, -0.2) is 44.3 Å². The van der Waals surface area contributed by atoms with Crippen molar-refractivity contribution in [3.8, 4) is 0 Å². The number of ether oxygens (including phenoxy) is 1. The lowest BCUT2D eigenvalue weighted by molar-refractivity contribution is -0.385. The minimum absolute atomic E-state index is 0.0438. The summed E-state index contributed by atoms with van der Waals surface area (Å²) in [6, 6.07) is 3.93. The minimum atomic E-state index is -3.62. The quantitative estimate of drug-likeness (QED) is 0.590. The van der Waals surface area contributed by atoms with Gasteiger partial charge in [0.05, 0.1) is 28.7 Å². The Morgan fingerprint density at radius 2 is 2.20 bits per heavy atom. The molecule has 0 amide bonds. The Kier molecular flexibility index (Phi) is 4.76. The molecule has 1 unspecified atom stereocenters. The van der Waals surface area contributed by atoms with Crippen LogP contribution in [0.2, 0.25) is 0 Å². The van der Waals surface area contributed by atoms with Crippen molar-refractivity contribution in [2.75, 3.05) is 30.9 Å². The van der Waals surface area contributed by atoms with Gasteiger partial charge in [0.25, 0.3) is 5.69 Å². The third-order valence-corrected chi connectivity index (χ3v) is 6.05. The summed E-state index contributed by atoms with van der Waals surface area (Å²) in [5.41, 5.74) is 1.12. The number of anilines is 1. The van der Waals surface area contributed by atoms with Crippen molar-refractivity contribution in [3.63, 3.8) is 0 Å². The molecule has 1 atom stereocenters. The van der Waals surface area contributed by atoms with Crippen molar-refractivity contribution < 1.29 is 18.1 Å². The largest absolute Gasteiger partial charge is 0.367 e. The number of aryl methyl sites for hydroxylation is 1. The van der Waals surface area contributed by atoms with E-state index in [1.165, 1.54) is 23.5 Å². The lowest BCUT2D eigenvalue weighted by atomic mass is 10.2. The van der Waals surface area contributed by atoms with Gasteiger partial charge in [-0.2, -0.15) is 0 Å². The number of aromatic nitrogens is 1. The minimum Gasteiger partial charge on any atom is -0.367 e. The second-order valence-corrected chi connectivity index (χ2v) is 8.69. The number of nitrogens with zero attached hydrogens (tertiary/aromatic N) is 3. The summed E-state index contributed by atoms with van der Waals surface area (Å²) in [5, 5.41) is 13.8. The standard InChI is InChI=1S/C15H17N3O5S2/c1-10-9-24-15(16-10)13-8-17(5-6-23-13)12-4-3-11(18(19)20)7-14(12)25(2,21)22/h3-4,7,9,13H,5-6,8H2,1-2H3. The van der Waals surface area contributed by atoms with E-state index in [2.05, 4.69) is 4.98 Å². The Balaban J connectivity index is 1.96. The number of hydrogen-bond donors (Lipinski definition) is 0. The maximum Gasteiger partial charge on any atom is 0.270 e. The molecule has 8 nitrogen and oxygen atoms in total. The highest BCUT2D eigenvalue weighted by atomic mass is 32.2. The summed E-state index contributed by atoms with van der Waals surface area (Å²) in [6.07, 6.45) is 0.799. The first kappa shape index (κ1) is 17.8. The van der Waals surface area contributed by atoms with Crippen molar-refractivity contribution >= 4 is 32.5 Å². The molecule has 1 aliphatic rings. The zero-order valence-corrected chi connectivity index (χ0v) is 15.3. The fraction of sp³-hybridized carbons (Fsp3) is 0.400. The van der Waals surface area contributed by atoms with Gasteiger partial charge in [0, 0.05) is 36.0 Å². The smallest absolute Gasteiger partial charge is 0.270 e. The van der Waals surface area contributed by atoms with Crippen LogP contribution in [0.4, 0.5) is 11.4 Å². The number of rotatable bonds is 4. The van der Waals surface area contributed by atoms with Crippen LogP contribution >= 0.6 is 11.3 Å². The first-order valence-electron chi connectivity index (χ1n) is 7.53. The molecule has 0 N–H and O–H groups in total. The second-order valence-electron chi connectivity index (χ2n) is 5.81. The number of non-ortho nitro benzene ring substituents is 1. The molecule has 10 heteroatoms. The van der Waals surface area contributed by atoms with Crippen LogP contribution in [0.1, 0.15) is 16.8 Å². The Morgan fingerprint density at radius 3 is 2.80 bits per heavy atom. The predicted octanol–water partition coefficient (Wildman–Crippen LogP) is 2.34. The van der Waals surface area contributed by atoms with Crippen molar-refractivity contribution in [1.29, 1.82) is 0 Å². The highest BCUT2D eigenvalue weighted by Crippen LogP contribution is 2.33. The van der Waals surface area contributed by atoms with E-state index in [0.717, 1.165) is 23.0 Å². The molecule has 0 aliphatic carbocycles. The summed E-state index contributed by atoms with van der Waals surface area (Å²) in [4.78, 5) is 16.6. The third kappa shape index (κ3) is 3.80. The molecular weight excluding hydrogens is 366 g/mol. The zero-order chi connectivity index (χ0) is 18.2. The van der Waals surface area contributed by atoms with Gasteiger partial charge in [0.2, 0.25) is 0 Å². The normalized spacial score (nSPS) is 18.3. The van der Waals surface area contributed by atoms with Gasteiger partial charge in [-0.15, -0.1) is 11.3 Å². The van der Waals surface area contributed by atoms with E-state index in [1.54, 1.807) is 0 Å². The van der Waals surface area contributed by atoms with E-state index in [-0.39, 0.29) is 16.7 Å². The summed E-state index contributed by atoms with van der Waals surface area (Å²) in [5.74, 6) is 0. The lowest BCUT2D eigenvalue weighted by Crippen LogP contribution is -2.39. The van der Waals surface area contributed by atoms with Gasteiger partial charge in [0.1, 0.15) is 11.1 Å². The summed E-state index contributed by atoms with van der Waals surface area (Å²) < 4.78 is 30.0. The molecule has 1 aromatic heterocycles. The van der Waals surface area contributed by atoms with Gasteiger partial charge in [0.15, 0.2) is 9.84 Å². The molecule has 2 aromatic rings. The van der Waals surface area contributed by atoms with Crippen molar-refractivity contribution in [3.05, 3.63) is 44.4 Å². The van der Waals surface area contributed by atoms with E-state index in [4.69, 9.17) is 4.74 Å². The molecule has 0 bridgehead atoms. The molecule has 2 heterocycles. The monoisotopic (exact) mass is 383 g/mol. The molecule has 25 heavy (non-hydrogen) atoms. The molecule has 3 rings (SSSR count). The lowest BCUT2D eigenvalue weighted by Gasteiger charge is -2.34. The zero-order valence-electron chi connectivity index (χ0n) is 13.7. The fourth-order valence-electron chi connectivity index (χ4n) is 2.71. The number of hydrogen-bond acceptors (Lipinski definition) is 8. The van der Waals surface area contributed by atoms with Crippen LogP contribution < -0.4 is 4.90 Å². The SMILES string of the molecule is Cc1csc(C2CN(c3ccc([N+](=O)[O-])cc3S(C)(=O)=O)CCO2)n1. The van der Waals surface area contributed by atoms with Crippen molar-refractivity contribution in [2.45, 2.75) is 17.9 Å². The molecule has 0 spiro atoms. The molecule has 134 valence electrons. The Bertz CT molecular complexity index is 910. The first-order valence-corrected chi connectivity index (χ1v) is 10.3. The summed E-state index contributed by atoms with van der Waals surface area (Å²) in [7, 11) is -3.62. The molecule has 1 saturated heterocycles. The number of thiazole rings is 1. The van der Waals surface area contributed by atoms with E-state index in [9.17, 15) is 18.5 Å². The number of benzene rings is 1. The molecule has 0 saturated carbocycles. The molecule has 1 fully saturated rings. The van der Waals surface area contributed by atoms with Crippen LogP contribution in [0.25, 0.3) is 0 Å². The van der Waals surface area contributed by atoms with E-state index >= 15 is 0 Å². The Labute approximate surface area is 149 Å². The average Bonchev–Trinajstić information content (AvgIpc) is 3.00. The first-order chi connectivity index (χ1) is 11.8. The Morgan fingerprint density at radius 1 is 1.44 bits per heavy atom. The van der Waals surface area contributed by atoms with Crippen molar-refractivity contribution in [1.82, 2.24) is 4.98 Å². The van der Waals surface area contributed by atoms with Gasteiger partial charge < -0.3 is 9.64 Å². The average molecular weight is 383 g/mol. The van der Waals surface area contributed by atoms with Gasteiger partial charge in [-0.3, -0.25) is 10.1 Å². The highest BCUT2D eigenvalue weighted by molar-refractivity contribution is 7.90. The highest BCUT2D eigenvalue weighted by Gasteiger charge is 2.28. The van der Waals surface area contributed by atoms with Crippen LogP contribution in [0.15, 0.2) is 28.5 Å². The van der Waals surface area contributed by atoms with Gasteiger partial charge in [-0.05, 0) is 13.0 Å². The van der Waals surface area contributed by atoms with Crippen LogP contribution in [0.3, 0.4) is 0 Å². The molecular formula is C15H17N3O5S2. The maximum atomic E-state index is 12.1. The molecule has 1 aliphatic heterocycles. The predicted molar refractivity (Wildman–Crippen MR) is 94.0 cm³/mol. The number of morpholine rings is 1. The van der Waals surface area contributed by atoms with Crippen LogP contribution in [0.5, 0.6) is 0 Å². The Hall–Kier alpha value is -2.04. The summed E-state index contributed by atoms with van der Waals surface area (Å²) in [6.45, 7) is 3.26. The van der Waals surface area contributed by atoms with E-state index < -0.39 is 14.8 Å². The van der Waals surface area contributed by atoms with Crippen molar-refractivity contribution in [2.24, 2.45) is 0 Å². The summed E-state index contributed by atoms with van der Waals surface area (Å²) >= 11 is 1.50.